The average molecular weight is 284 g/mol. The van der Waals surface area contributed by atoms with Crippen LogP contribution in [-0.4, -0.2) is 20.2 Å². The molecule has 2 aromatic carbocycles. The second-order valence-corrected chi connectivity index (χ2v) is 4.87. The number of hydrogen-bond acceptors (Lipinski definition) is 4. The smallest absolute Gasteiger partial charge is 0.342 e. The lowest BCUT2D eigenvalue weighted by atomic mass is 9.99. The van der Waals surface area contributed by atoms with Crippen molar-refractivity contribution in [3.05, 3.63) is 59.2 Å². The first-order chi connectivity index (χ1) is 10.2. The van der Waals surface area contributed by atoms with E-state index in [1.165, 1.54) is 0 Å². The van der Waals surface area contributed by atoms with Crippen molar-refractivity contribution in [1.29, 1.82) is 0 Å². The minimum atomic E-state index is -0.319. The van der Waals surface area contributed by atoms with Crippen molar-refractivity contribution in [2.24, 2.45) is 0 Å². The van der Waals surface area contributed by atoms with Gasteiger partial charge in [0.1, 0.15) is 23.2 Å². The number of esters is 1. The minimum Gasteiger partial charge on any atom is -0.497 e. The summed E-state index contributed by atoms with van der Waals surface area (Å²) in [5, 5.41) is 0. The van der Waals surface area contributed by atoms with Gasteiger partial charge in [0.2, 0.25) is 0 Å². The van der Waals surface area contributed by atoms with Gasteiger partial charge in [-0.2, -0.15) is 0 Å². The van der Waals surface area contributed by atoms with Crippen LogP contribution in [0.5, 0.6) is 11.5 Å². The Balaban J connectivity index is 1.87. The van der Waals surface area contributed by atoms with Crippen LogP contribution in [0.4, 0.5) is 0 Å². The van der Waals surface area contributed by atoms with Gasteiger partial charge < -0.3 is 14.2 Å². The molecule has 0 spiro atoms. The molecule has 1 atom stereocenters. The maximum Gasteiger partial charge on any atom is 0.342 e. The summed E-state index contributed by atoms with van der Waals surface area (Å²) in [5.74, 6) is 1.06. The summed E-state index contributed by atoms with van der Waals surface area (Å²) in [7, 11) is 3.19. The predicted molar refractivity (Wildman–Crippen MR) is 77.8 cm³/mol. The van der Waals surface area contributed by atoms with Crippen LogP contribution in [0.3, 0.4) is 0 Å². The van der Waals surface area contributed by atoms with Gasteiger partial charge in [0, 0.05) is 12.0 Å². The van der Waals surface area contributed by atoms with Crippen LogP contribution in [0.25, 0.3) is 0 Å². The number of methoxy groups -OCH3 is 2. The van der Waals surface area contributed by atoms with E-state index in [9.17, 15) is 4.79 Å². The van der Waals surface area contributed by atoms with E-state index in [2.05, 4.69) is 0 Å². The Hall–Kier alpha value is -2.49. The molecule has 0 bridgehead atoms. The van der Waals surface area contributed by atoms with Crippen LogP contribution >= 0.6 is 0 Å². The number of rotatable bonds is 4. The molecule has 0 aromatic heterocycles. The minimum absolute atomic E-state index is 0.268. The molecule has 3 rings (SSSR count). The van der Waals surface area contributed by atoms with Crippen LogP contribution < -0.4 is 9.47 Å². The van der Waals surface area contributed by atoms with Gasteiger partial charge in [0.25, 0.3) is 0 Å². The number of ether oxygens (including phenoxy) is 3. The molecule has 0 aliphatic carbocycles. The molecule has 0 fully saturated rings. The molecule has 0 amide bonds. The highest BCUT2D eigenvalue weighted by Gasteiger charge is 2.33. The summed E-state index contributed by atoms with van der Waals surface area (Å²) in [5.41, 5.74) is 2.51. The molecule has 21 heavy (non-hydrogen) atoms. The van der Waals surface area contributed by atoms with Crippen LogP contribution in [0.2, 0.25) is 0 Å². The quantitative estimate of drug-likeness (QED) is 0.809. The Bertz CT molecular complexity index is 661. The fraction of sp³-hybridized carbons (Fsp3) is 0.235. The summed E-state index contributed by atoms with van der Waals surface area (Å²) in [6.45, 7) is 0. The summed E-state index contributed by atoms with van der Waals surface area (Å²) in [6, 6.07) is 13.3. The Morgan fingerprint density at radius 2 is 1.81 bits per heavy atom. The van der Waals surface area contributed by atoms with E-state index in [4.69, 9.17) is 14.2 Å². The molecule has 1 aliphatic rings. The monoisotopic (exact) mass is 284 g/mol. The van der Waals surface area contributed by atoms with E-state index in [-0.39, 0.29) is 12.1 Å². The molecule has 0 saturated carbocycles. The number of benzene rings is 2. The van der Waals surface area contributed by atoms with Gasteiger partial charge in [-0.1, -0.05) is 24.3 Å². The highest BCUT2D eigenvalue weighted by Crippen LogP contribution is 2.38. The molecular formula is C17H16O4. The van der Waals surface area contributed by atoms with Crippen molar-refractivity contribution in [1.82, 2.24) is 0 Å². The lowest BCUT2D eigenvalue weighted by Gasteiger charge is -2.11. The van der Waals surface area contributed by atoms with E-state index in [1.54, 1.807) is 20.3 Å². The van der Waals surface area contributed by atoms with E-state index in [0.29, 0.717) is 17.7 Å². The van der Waals surface area contributed by atoms with Gasteiger partial charge in [-0.05, 0) is 23.8 Å². The maximum atomic E-state index is 12.0. The highest BCUT2D eigenvalue weighted by molar-refractivity contribution is 5.97. The molecule has 2 aromatic rings. The zero-order valence-electron chi connectivity index (χ0n) is 12.0. The van der Waals surface area contributed by atoms with E-state index in [0.717, 1.165) is 16.9 Å². The molecule has 4 heteroatoms. The lowest BCUT2D eigenvalue weighted by Crippen LogP contribution is -2.02. The van der Waals surface area contributed by atoms with Gasteiger partial charge in [-0.3, -0.25) is 0 Å². The molecule has 4 nitrogen and oxygen atoms in total. The number of fused-ring (bicyclic) bond motifs is 1. The first-order valence-corrected chi connectivity index (χ1v) is 6.73. The Kier molecular flexibility index (Phi) is 3.52. The highest BCUT2D eigenvalue weighted by atomic mass is 16.6. The predicted octanol–water partition coefficient (Wildman–Crippen LogP) is 3.16. The first-order valence-electron chi connectivity index (χ1n) is 6.73. The Labute approximate surface area is 123 Å². The number of cyclic esters (lactones) is 1. The van der Waals surface area contributed by atoms with E-state index in [1.807, 2.05) is 36.4 Å². The third-order valence-corrected chi connectivity index (χ3v) is 3.66. The van der Waals surface area contributed by atoms with E-state index >= 15 is 0 Å². The number of carbonyl (C=O) groups is 1. The molecule has 1 aliphatic heterocycles. The van der Waals surface area contributed by atoms with Crippen molar-refractivity contribution < 1.29 is 19.0 Å². The molecule has 0 radical (unpaired) electrons. The largest absolute Gasteiger partial charge is 0.497 e. The van der Waals surface area contributed by atoms with E-state index < -0.39 is 0 Å². The standard InChI is InChI=1S/C17H16O4/c1-19-12-8-6-11(7-9-12)10-15-13-4-3-5-14(20-2)16(13)17(18)21-15/h3-9,15H,10H2,1-2H3. The second kappa shape index (κ2) is 5.48. The molecule has 108 valence electrons. The number of hydrogen-bond donors (Lipinski definition) is 0. The fourth-order valence-electron chi connectivity index (χ4n) is 2.58. The molecular weight excluding hydrogens is 268 g/mol. The Morgan fingerprint density at radius 3 is 2.48 bits per heavy atom. The summed E-state index contributed by atoms with van der Waals surface area (Å²) < 4.78 is 15.9. The van der Waals surface area contributed by atoms with Gasteiger partial charge in [-0.15, -0.1) is 0 Å². The second-order valence-electron chi connectivity index (χ2n) is 4.87. The van der Waals surface area contributed by atoms with Crippen LogP contribution in [0.15, 0.2) is 42.5 Å². The zero-order chi connectivity index (χ0) is 14.8. The summed E-state index contributed by atoms with van der Waals surface area (Å²) in [4.78, 5) is 12.0. The normalized spacial score (nSPS) is 16.3. The molecule has 1 heterocycles. The number of carbonyl (C=O) groups excluding carboxylic acids is 1. The zero-order valence-corrected chi connectivity index (χ0v) is 12.0. The van der Waals surface area contributed by atoms with Crippen molar-refractivity contribution in [2.45, 2.75) is 12.5 Å². The topological polar surface area (TPSA) is 44.8 Å². The summed E-state index contributed by atoms with van der Waals surface area (Å²) >= 11 is 0. The third-order valence-electron chi connectivity index (χ3n) is 3.66. The van der Waals surface area contributed by atoms with Crippen molar-refractivity contribution in [2.75, 3.05) is 14.2 Å². The van der Waals surface area contributed by atoms with Gasteiger partial charge >= 0.3 is 5.97 Å². The van der Waals surface area contributed by atoms with Gasteiger partial charge in [0.15, 0.2) is 0 Å². The third kappa shape index (κ3) is 2.44. The SMILES string of the molecule is COc1ccc(CC2OC(=O)c3c(OC)cccc32)cc1. The van der Waals surface area contributed by atoms with Crippen molar-refractivity contribution >= 4 is 5.97 Å². The Morgan fingerprint density at radius 1 is 1.05 bits per heavy atom. The van der Waals surface area contributed by atoms with Crippen LogP contribution in [0, 0.1) is 0 Å². The molecule has 1 unspecified atom stereocenters. The van der Waals surface area contributed by atoms with Crippen molar-refractivity contribution in [3.63, 3.8) is 0 Å². The first kappa shape index (κ1) is 13.5. The van der Waals surface area contributed by atoms with Crippen molar-refractivity contribution in [3.8, 4) is 11.5 Å². The maximum absolute atomic E-state index is 12.0. The van der Waals surface area contributed by atoms with Crippen LogP contribution in [0.1, 0.15) is 27.6 Å². The van der Waals surface area contributed by atoms with Crippen LogP contribution in [-0.2, 0) is 11.2 Å². The van der Waals surface area contributed by atoms with Gasteiger partial charge in [0.05, 0.1) is 14.2 Å². The summed E-state index contributed by atoms with van der Waals surface area (Å²) in [6.07, 6.45) is 0.367. The fourth-order valence-corrected chi connectivity index (χ4v) is 2.58. The molecule has 0 N–H and O–H groups in total. The lowest BCUT2D eigenvalue weighted by molar-refractivity contribution is 0.0385. The van der Waals surface area contributed by atoms with Gasteiger partial charge in [-0.25, -0.2) is 4.79 Å². The molecule has 0 saturated heterocycles. The average Bonchev–Trinajstić information content (AvgIpc) is 2.84.